The van der Waals surface area contributed by atoms with Crippen molar-refractivity contribution in [2.45, 2.75) is 39.0 Å². The average molecular weight is 374 g/mol. The highest BCUT2D eigenvalue weighted by Crippen LogP contribution is 2.40. The van der Waals surface area contributed by atoms with Gasteiger partial charge in [-0.15, -0.1) is 0 Å². The van der Waals surface area contributed by atoms with Crippen molar-refractivity contribution in [2.75, 3.05) is 11.9 Å². The summed E-state index contributed by atoms with van der Waals surface area (Å²) in [6, 6.07) is 4.16. The number of Topliss-reactive ketones (excluding diaryl/α,β-unsaturated/α-hetero) is 1. The number of nitro groups is 1. The van der Waals surface area contributed by atoms with E-state index in [0.717, 1.165) is 19.3 Å². The maximum absolute atomic E-state index is 12.3. The van der Waals surface area contributed by atoms with Crippen molar-refractivity contribution in [1.82, 2.24) is 0 Å². The number of hydrogen-bond donors (Lipinski definition) is 1. The van der Waals surface area contributed by atoms with Gasteiger partial charge in [-0.3, -0.25) is 24.5 Å². The number of rotatable bonds is 5. The number of esters is 1. The first-order chi connectivity index (χ1) is 12.8. The summed E-state index contributed by atoms with van der Waals surface area (Å²) in [5.41, 5.74) is 0.841. The van der Waals surface area contributed by atoms with Crippen molar-refractivity contribution < 1.29 is 24.0 Å². The molecule has 1 N–H and O–H groups in total. The molecule has 0 unspecified atom stereocenters. The van der Waals surface area contributed by atoms with Crippen LogP contribution in [0.4, 0.5) is 11.4 Å². The van der Waals surface area contributed by atoms with E-state index in [1.807, 2.05) is 0 Å². The number of carbonyl (C=O) groups excluding carboxylic acids is 3. The van der Waals surface area contributed by atoms with Gasteiger partial charge in [-0.05, 0) is 38.2 Å². The Bertz CT molecular complexity index is 774. The van der Waals surface area contributed by atoms with Crippen molar-refractivity contribution in [3.8, 4) is 0 Å². The SMILES string of the molecule is Cc1ccc([N+](=O)[O-])cc1NC(=O)COC(=O)C1C[C@H]2CCC[C@H](C1)C2=O. The molecule has 144 valence electrons. The Morgan fingerprint density at radius 2 is 1.93 bits per heavy atom. The molecule has 2 fully saturated rings. The first kappa shape index (κ1) is 19.0. The van der Waals surface area contributed by atoms with E-state index < -0.39 is 23.4 Å². The molecule has 2 aliphatic rings. The van der Waals surface area contributed by atoms with Gasteiger partial charge < -0.3 is 10.1 Å². The van der Waals surface area contributed by atoms with Crippen LogP contribution in [0.15, 0.2) is 18.2 Å². The summed E-state index contributed by atoms with van der Waals surface area (Å²) in [7, 11) is 0. The van der Waals surface area contributed by atoms with Crippen molar-refractivity contribution in [3.05, 3.63) is 33.9 Å². The van der Waals surface area contributed by atoms with Crippen LogP contribution < -0.4 is 5.32 Å². The molecule has 1 aromatic carbocycles. The van der Waals surface area contributed by atoms with Crippen molar-refractivity contribution >= 4 is 29.0 Å². The van der Waals surface area contributed by atoms with Crippen molar-refractivity contribution in [1.29, 1.82) is 0 Å². The third-order valence-corrected chi connectivity index (χ3v) is 5.43. The number of nitrogens with zero attached hydrogens (tertiary/aromatic N) is 1. The second-order valence-electron chi connectivity index (χ2n) is 7.31. The van der Waals surface area contributed by atoms with Gasteiger partial charge in [-0.25, -0.2) is 0 Å². The fourth-order valence-corrected chi connectivity index (χ4v) is 3.97. The van der Waals surface area contributed by atoms with Gasteiger partial charge in [0.15, 0.2) is 6.61 Å². The fourth-order valence-electron chi connectivity index (χ4n) is 3.97. The Balaban J connectivity index is 1.53. The van der Waals surface area contributed by atoms with Crippen LogP contribution in [-0.4, -0.2) is 29.2 Å². The van der Waals surface area contributed by atoms with Crippen LogP contribution in [0.1, 0.15) is 37.7 Å². The molecule has 0 aromatic heterocycles. The van der Waals surface area contributed by atoms with E-state index in [0.29, 0.717) is 24.1 Å². The zero-order valence-corrected chi connectivity index (χ0v) is 15.1. The van der Waals surface area contributed by atoms with E-state index in [9.17, 15) is 24.5 Å². The third kappa shape index (κ3) is 4.32. The van der Waals surface area contributed by atoms with Gasteiger partial charge >= 0.3 is 5.97 Å². The Hall–Kier alpha value is -2.77. The van der Waals surface area contributed by atoms with Gasteiger partial charge in [0.05, 0.1) is 16.5 Å². The van der Waals surface area contributed by atoms with Crippen LogP contribution in [0.25, 0.3) is 0 Å². The lowest BCUT2D eigenvalue weighted by Crippen LogP contribution is -2.40. The van der Waals surface area contributed by atoms with Crippen LogP contribution in [0, 0.1) is 34.8 Å². The minimum Gasteiger partial charge on any atom is -0.455 e. The number of fused-ring (bicyclic) bond motifs is 2. The van der Waals surface area contributed by atoms with Gasteiger partial charge in [-0.2, -0.15) is 0 Å². The summed E-state index contributed by atoms with van der Waals surface area (Å²) in [5, 5.41) is 13.4. The Kier molecular flexibility index (Phi) is 5.53. The molecule has 8 nitrogen and oxygen atoms in total. The van der Waals surface area contributed by atoms with E-state index in [-0.39, 0.29) is 29.2 Å². The van der Waals surface area contributed by atoms with Crippen LogP contribution >= 0.6 is 0 Å². The van der Waals surface area contributed by atoms with Crippen molar-refractivity contribution in [3.63, 3.8) is 0 Å². The number of ketones is 1. The molecule has 8 heteroatoms. The van der Waals surface area contributed by atoms with E-state index >= 15 is 0 Å². The molecule has 0 aliphatic heterocycles. The average Bonchev–Trinajstić information content (AvgIpc) is 2.61. The molecule has 2 aliphatic carbocycles. The molecule has 1 aromatic rings. The lowest BCUT2D eigenvalue weighted by atomic mass is 9.67. The topological polar surface area (TPSA) is 116 Å². The number of ether oxygens (including phenoxy) is 1. The molecule has 0 radical (unpaired) electrons. The monoisotopic (exact) mass is 374 g/mol. The number of non-ortho nitro benzene ring substituents is 1. The minimum absolute atomic E-state index is 0.0589. The fraction of sp³-hybridized carbons (Fsp3) is 0.526. The van der Waals surface area contributed by atoms with Gasteiger partial charge in [0.25, 0.3) is 11.6 Å². The zero-order valence-electron chi connectivity index (χ0n) is 15.1. The summed E-state index contributed by atoms with van der Waals surface area (Å²) in [4.78, 5) is 46.8. The van der Waals surface area contributed by atoms with Crippen LogP contribution in [0.2, 0.25) is 0 Å². The zero-order chi connectivity index (χ0) is 19.6. The van der Waals surface area contributed by atoms with E-state index in [1.54, 1.807) is 6.92 Å². The summed E-state index contributed by atoms with van der Waals surface area (Å²) >= 11 is 0. The number of hydrogen-bond acceptors (Lipinski definition) is 6. The first-order valence-electron chi connectivity index (χ1n) is 9.10. The van der Waals surface area contributed by atoms with E-state index in [2.05, 4.69) is 5.32 Å². The molecule has 0 heterocycles. The number of benzene rings is 1. The highest BCUT2D eigenvalue weighted by molar-refractivity contribution is 5.94. The Morgan fingerprint density at radius 1 is 1.26 bits per heavy atom. The molecule has 2 saturated carbocycles. The molecule has 27 heavy (non-hydrogen) atoms. The number of amides is 1. The lowest BCUT2D eigenvalue weighted by molar-refractivity contribution is -0.384. The number of aryl methyl sites for hydroxylation is 1. The summed E-state index contributed by atoms with van der Waals surface area (Å²) in [5.74, 6) is -1.20. The van der Waals surface area contributed by atoms with Gasteiger partial charge in [-0.1, -0.05) is 12.5 Å². The second kappa shape index (κ2) is 7.85. The molecular formula is C19H22N2O6. The molecule has 2 atom stereocenters. The number of nitro benzene ring substituents is 1. The molecule has 1 amide bonds. The van der Waals surface area contributed by atoms with Crippen LogP contribution in [0.3, 0.4) is 0 Å². The summed E-state index contributed by atoms with van der Waals surface area (Å²) < 4.78 is 5.14. The number of anilines is 1. The largest absolute Gasteiger partial charge is 0.455 e. The third-order valence-electron chi connectivity index (χ3n) is 5.43. The molecular weight excluding hydrogens is 352 g/mol. The Morgan fingerprint density at radius 3 is 2.56 bits per heavy atom. The minimum atomic E-state index is -0.556. The second-order valence-corrected chi connectivity index (χ2v) is 7.31. The molecule has 3 rings (SSSR count). The summed E-state index contributed by atoms with van der Waals surface area (Å²) in [6.45, 7) is 1.25. The summed E-state index contributed by atoms with van der Waals surface area (Å²) in [6.07, 6.45) is 3.67. The van der Waals surface area contributed by atoms with E-state index in [4.69, 9.17) is 4.74 Å². The van der Waals surface area contributed by atoms with Gasteiger partial charge in [0, 0.05) is 24.0 Å². The molecule has 0 saturated heterocycles. The highest BCUT2D eigenvalue weighted by Gasteiger charge is 2.41. The Labute approximate surface area is 156 Å². The smallest absolute Gasteiger partial charge is 0.309 e. The lowest BCUT2D eigenvalue weighted by Gasteiger charge is -2.36. The normalized spacial score (nSPS) is 24.2. The highest BCUT2D eigenvalue weighted by atomic mass is 16.6. The first-order valence-corrected chi connectivity index (χ1v) is 9.10. The number of nitrogens with one attached hydrogen (secondary N) is 1. The number of carbonyl (C=O) groups is 3. The van der Waals surface area contributed by atoms with Gasteiger partial charge in [0.2, 0.25) is 0 Å². The standard InChI is InChI=1S/C19H22N2O6/c1-11-5-6-15(21(25)26)9-16(11)20-17(22)10-27-19(24)14-7-12-3-2-4-13(8-14)18(12)23/h5-6,9,12-14H,2-4,7-8,10H2,1H3,(H,20,22)/t12-,13-/m1/s1. The maximum Gasteiger partial charge on any atom is 0.309 e. The van der Waals surface area contributed by atoms with Crippen molar-refractivity contribution in [2.24, 2.45) is 17.8 Å². The van der Waals surface area contributed by atoms with Crippen LogP contribution in [0.5, 0.6) is 0 Å². The maximum atomic E-state index is 12.3. The molecule has 2 bridgehead atoms. The van der Waals surface area contributed by atoms with Gasteiger partial charge in [0.1, 0.15) is 5.78 Å². The predicted molar refractivity (Wildman–Crippen MR) is 96.0 cm³/mol. The quantitative estimate of drug-likeness (QED) is 0.481. The van der Waals surface area contributed by atoms with Crippen LogP contribution in [-0.2, 0) is 19.1 Å². The van der Waals surface area contributed by atoms with E-state index in [1.165, 1.54) is 18.2 Å². The predicted octanol–water partition coefficient (Wildman–Crippen LogP) is 2.78. The molecule has 0 spiro atoms.